The lowest BCUT2D eigenvalue weighted by Crippen LogP contribution is -2.26. The van der Waals surface area contributed by atoms with Crippen molar-refractivity contribution >= 4 is 38.6 Å². The molecule has 0 spiro atoms. The third-order valence-corrected chi connectivity index (χ3v) is 11.6. The molecule has 4 nitrogen and oxygen atoms in total. The molecule has 3 aliphatic rings. The van der Waals surface area contributed by atoms with Crippen LogP contribution >= 0.6 is 0 Å². The fraction of sp³-hybridized carbons (Fsp3) is 0.292. The largest absolute Gasteiger partial charge is 0.485 e. The Morgan fingerprint density at radius 3 is 2.10 bits per heavy atom. The van der Waals surface area contributed by atoms with Gasteiger partial charge in [-0.15, -0.1) is 0 Å². The van der Waals surface area contributed by atoms with E-state index < -0.39 is 0 Å². The van der Waals surface area contributed by atoms with E-state index >= 15 is 0 Å². The molecule has 0 saturated heterocycles. The van der Waals surface area contributed by atoms with Crippen molar-refractivity contribution < 1.29 is 9.30 Å². The molecule has 0 fully saturated rings. The Labute approximate surface area is 309 Å². The van der Waals surface area contributed by atoms with Crippen LogP contribution < -0.4 is 9.47 Å². The fourth-order valence-electron chi connectivity index (χ4n) is 8.80. The second kappa shape index (κ2) is 12.8. The van der Waals surface area contributed by atoms with Crippen LogP contribution in [-0.4, -0.2) is 12.8 Å². The Kier molecular flexibility index (Phi) is 8.33. The number of pyridine rings is 1. The van der Waals surface area contributed by atoms with Crippen LogP contribution in [0.5, 0.6) is 0 Å². The normalized spacial score (nSPS) is 19.8. The van der Waals surface area contributed by atoms with E-state index in [4.69, 9.17) is 9.73 Å². The van der Waals surface area contributed by atoms with Crippen molar-refractivity contribution in [3.05, 3.63) is 161 Å². The molecule has 0 radical (unpaired) electrons. The van der Waals surface area contributed by atoms with Crippen LogP contribution in [0.15, 0.2) is 149 Å². The number of aryl methyl sites for hydroxylation is 1. The van der Waals surface area contributed by atoms with E-state index in [0.29, 0.717) is 0 Å². The second-order valence-electron chi connectivity index (χ2n) is 16.2. The van der Waals surface area contributed by atoms with Crippen molar-refractivity contribution in [2.75, 3.05) is 11.9 Å². The van der Waals surface area contributed by atoms with Gasteiger partial charge in [0, 0.05) is 47.0 Å². The molecule has 4 heteroatoms. The summed E-state index contributed by atoms with van der Waals surface area (Å²) in [5, 5.41) is 5.16. The molecule has 0 amide bonds. The number of hydrogen-bond donors (Lipinski definition) is 0. The van der Waals surface area contributed by atoms with E-state index in [9.17, 15) is 0 Å². The van der Waals surface area contributed by atoms with Crippen molar-refractivity contribution in [2.24, 2.45) is 18.0 Å². The third-order valence-electron chi connectivity index (χ3n) is 11.6. The monoisotopic (exact) mass is 684 g/mol. The highest BCUT2D eigenvalue weighted by Gasteiger charge is 2.40. The van der Waals surface area contributed by atoms with Gasteiger partial charge in [0.05, 0.1) is 11.4 Å². The van der Waals surface area contributed by atoms with Gasteiger partial charge in [0.1, 0.15) is 18.9 Å². The first-order chi connectivity index (χ1) is 24.9. The number of rotatable bonds is 7. The van der Waals surface area contributed by atoms with Gasteiger partial charge in [-0.2, -0.15) is 0 Å². The van der Waals surface area contributed by atoms with Crippen molar-refractivity contribution in [3.63, 3.8) is 0 Å². The first kappa shape index (κ1) is 33.9. The Balaban J connectivity index is 1.19. The number of benzene rings is 4. The lowest BCUT2D eigenvalue weighted by molar-refractivity contribution is -0.671. The summed E-state index contributed by atoms with van der Waals surface area (Å²) in [7, 11) is 4.26. The molecular weight excluding hydrogens is 635 g/mol. The molecule has 5 aromatic rings. The molecule has 1 atom stereocenters. The van der Waals surface area contributed by atoms with Gasteiger partial charge in [-0.05, 0) is 86.9 Å². The summed E-state index contributed by atoms with van der Waals surface area (Å²) in [5.41, 5.74) is 10.7. The number of anilines is 1. The third kappa shape index (κ3) is 5.60. The minimum atomic E-state index is -0.214. The Bertz CT molecular complexity index is 2380. The Morgan fingerprint density at radius 2 is 1.40 bits per heavy atom. The van der Waals surface area contributed by atoms with Gasteiger partial charge < -0.3 is 9.64 Å². The number of ether oxygens (including phenoxy) is 1. The molecule has 262 valence electrons. The Morgan fingerprint density at radius 1 is 0.750 bits per heavy atom. The van der Waals surface area contributed by atoms with Crippen LogP contribution in [0.3, 0.4) is 0 Å². The quantitative estimate of drug-likeness (QED) is 0.160. The van der Waals surface area contributed by atoms with Crippen LogP contribution in [0.2, 0.25) is 0 Å². The minimum Gasteiger partial charge on any atom is -0.485 e. The maximum atomic E-state index is 7.19. The summed E-state index contributed by atoms with van der Waals surface area (Å²) < 4.78 is 9.27. The fourth-order valence-corrected chi connectivity index (χ4v) is 8.80. The van der Waals surface area contributed by atoms with Crippen molar-refractivity contribution in [1.82, 2.24) is 0 Å². The molecule has 0 saturated carbocycles. The van der Waals surface area contributed by atoms with Gasteiger partial charge in [0.25, 0.3) is 0 Å². The number of likely N-dealkylation sites (N-methyl/N-ethyl adjacent to an activating group) is 1. The minimum absolute atomic E-state index is 0.0779. The summed E-state index contributed by atoms with van der Waals surface area (Å²) in [6.45, 7) is 13.8. The number of nitrogens with zero attached hydrogens (tertiary/aromatic N) is 3. The second-order valence-corrected chi connectivity index (χ2v) is 16.2. The van der Waals surface area contributed by atoms with Gasteiger partial charge >= 0.3 is 0 Å². The van der Waals surface area contributed by atoms with Crippen molar-refractivity contribution in [1.29, 1.82) is 0 Å². The standard InChI is InChI=1S/C48H50N3O/c1-31(2)45(36-27-29-50(7)30-28-36)52-46-34(21-25-41-47(3,4)43-37-15-11-9-13-32(37)19-23-39(43)49-41)17-18-35(46)22-26-42-48(5,6)44-38-16-12-10-14-33(38)20-24-40(44)51(42)8/h9-16,19-31,45H,17-18H2,1-8H3/q+1/b25-21+,35-22+,42-26+. The molecule has 2 aliphatic heterocycles. The maximum absolute atomic E-state index is 7.19. The molecule has 3 heterocycles. The molecule has 1 aromatic heterocycles. The van der Waals surface area contributed by atoms with Gasteiger partial charge in [0.2, 0.25) is 0 Å². The van der Waals surface area contributed by atoms with Gasteiger partial charge in [-0.1, -0.05) is 114 Å². The van der Waals surface area contributed by atoms with Gasteiger partial charge in [-0.3, -0.25) is 4.99 Å². The first-order valence-electron chi connectivity index (χ1n) is 18.8. The molecular formula is C48H50N3O+. The predicted octanol–water partition coefficient (Wildman–Crippen LogP) is 11.4. The average Bonchev–Trinajstić information content (AvgIpc) is 3.71. The molecule has 0 N–H and O–H groups in total. The van der Waals surface area contributed by atoms with E-state index in [1.54, 1.807) is 0 Å². The van der Waals surface area contributed by atoms with Crippen LogP contribution in [0, 0.1) is 5.92 Å². The molecule has 1 unspecified atom stereocenters. The molecule has 52 heavy (non-hydrogen) atoms. The summed E-state index contributed by atoms with van der Waals surface area (Å²) in [4.78, 5) is 7.57. The van der Waals surface area contributed by atoms with E-state index in [1.807, 2.05) is 0 Å². The summed E-state index contributed by atoms with van der Waals surface area (Å²) in [5.74, 6) is 1.29. The molecule has 8 rings (SSSR count). The van der Waals surface area contributed by atoms with E-state index in [1.165, 1.54) is 60.8 Å². The number of aromatic nitrogens is 1. The number of hydrogen-bond acceptors (Lipinski definition) is 3. The smallest absolute Gasteiger partial charge is 0.168 e. The van der Waals surface area contributed by atoms with Crippen molar-refractivity contribution in [3.8, 4) is 0 Å². The van der Waals surface area contributed by atoms with E-state index in [-0.39, 0.29) is 22.9 Å². The topological polar surface area (TPSA) is 28.7 Å². The zero-order valence-electron chi connectivity index (χ0n) is 31.9. The van der Waals surface area contributed by atoms with E-state index in [2.05, 4.69) is 187 Å². The van der Waals surface area contributed by atoms with Gasteiger partial charge in [-0.25, -0.2) is 4.57 Å². The molecule has 0 bridgehead atoms. The van der Waals surface area contributed by atoms with Crippen LogP contribution in [0.25, 0.3) is 21.5 Å². The number of aliphatic imine (C=N–C) groups is 1. The van der Waals surface area contributed by atoms with Crippen molar-refractivity contribution in [2.45, 2.75) is 71.3 Å². The zero-order chi connectivity index (χ0) is 36.4. The van der Waals surface area contributed by atoms with Crippen LogP contribution in [-0.2, 0) is 22.6 Å². The summed E-state index contributed by atoms with van der Waals surface area (Å²) in [6, 6.07) is 30.7. The zero-order valence-corrected chi connectivity index (χ0v) is 31.9. The number of allylic oxidation sites excluding steroid dienone is 7. The van der Waals surface area contributed by atoms with Gasteiger partial charge in [0.15, 0.2) is 12.4 Å². The highest BCUT2D eigenvalue weighted by Crippen LogP contribution is 2.50. The lowest BCUT2D eigenvalue weighted by Gasteiger charge is -2.26. The van der Waals surface area contributed by atoms with Crippen LogP contribution in [0.4, 0.5) is 11.4 Å². The Hall–Kier alpha value is -5.22. The maximum Gasteiger partial charge on any atom is 0.168 e. The molecule has 4 aromatic carbocycles. The first-order valence-corrected chi connectivity index (χ1v) is 18.8. The average molecular weight is 685 g/mol. The highest BCUT2D eigenvalue weighted by atomic mass is 16.5. The summed E-state index contributed by atoms with van der Waals surface area (Å²) >= 11 is 0. The predicted molar refractivity (Wildman–Crippen MR) is 217 cm³/mol. The molecule has 1 aliphatic carbocycles. The van der Waals surface area contributed by atoms with E-state index in [0.717, 1.165) is 30.0 Å². The highest BCUT2D eigenvalue weighted by molar-refractivity contribution is 6.12. The number of fused-ring (bicyclic) bond motifs is 6. The lowest BCUT2D eigenvalue weighted by atomic mass is 9.79. The summed E-state index contributed by atoms with van der Waals surface area (Å²) in [6.07, 6.45) is 15.2. The van der Waals surface area contributed by atoms with Crippen LogP contribution in [0.1, 0.15) is 77.2 Å². The SMILES string of the molecule is CC(C)C(OC1=C(/C=C/C2=Nc3ccc4ccccc4c3C2(C)C)CC/C1=C\C=C1\N(C)c2ccc3ccccc3c2C1(C)C)c1cc[n+](C)cc1.